The third-order valence-electron chi connectivity index (χ3n) is 7.29. The molecule has 10 N–H and O–H groups in total. The minimum Gasteiger partial charge on any atom is -0.479 e. The molecule has 17 atom stereocenters. The van der Waals surface area contributed by atoms with E-state index < -0.39 is 130 Å². The molecule has 19 nitrogen and oxygen atoms in total. The van der Waals surface area contributed by atoms with Gasteiger partial charge in [-0.05, 0) is 0 Å². The first kappa shape index (κ1) is 32.7. The van der Waals surface area contributed by atoms with Gasteiger partial charge >= 0.3 is 5.97 Å². The van der Waals surface area contributed by atoms with Crippen LogP contribution in [0.1, 0.15) is 0 Å². The number of carbonyl (C=O) groups is 1. The third-order valence-corrected chi connectivity index (χ3v) is 7.29. The molecule has 0 bridgehead atoms. The highest BCUT2D eigenvalue weighted by molar-refractivity contribution is 5.73. The van der Waals surface area contributed by atoms with Crippen molar-refractivity contribution in [3.63, 3.8) is 0 Å². The molecule has 0 saturated carbocycles. The van der Waals surface area contributed by atoms with Crippen molar-refractivity contribution in [3.8, 4) is 0 Å². The van der Waals surface area contributed by atoms with Gasteiger partial charge in [0.2, 0.25) is 0 Å². The highest BCUT2D eigenvalue weighted by atomic mass is 16.8. The van der Waals surface area contributed by atoms with Crippen molar-refractivity contribution in [2.75, 3.05) is 26.9 Å². The molecule has 0 spiro atoms. The van der Waals surface area contributed by atoms with Gasteiger partial charge in [-0.25, -0.2) is 4.79 Å². The molecular weight excluding hydrogens is 568 g/mol. The van der Waals surface area contributed by atoms with Crippen molar-refractivity contribution in [1.82, 2.24) is 0 Å². The fraction of sp³-hybridized carbons (Fsp3) is 0.955. The summed E-state index contributed by atoms with van der Waals surface area (Å²) in [6.45, 7) is -1.34. The lowest BCUT2D eigenvalue weighted by atomic mass is 9.98. The van der Waals surface area contributed by atoms with Crippen LogP contribution in [0.15, 0.2) is 0 Å². The molecule has 19 heteroatoms. The first-order chi connectivity index (χ1) is 19.3. The second-order valence-electron chi connectivity index (χ2n) is 10.0. The molecule has 4 fully saturated rings. The normalized spacial score (nSPS) is 51.3. The Bertz CT molecular complexity index is 865. The van der Waals surface area contributed by atoms with Crippen LogP contribution in [-0.4, -0.2) is 188 Å². The number of hydrogen-bond acceptors (Lipinski definition) is 18. The third kappa shape index (κ3) is 6.81. The average Bonchev–Trinajstić information content (AvgIpc) is 2.94. The number of methoxy groups -OCH3 is 1. The van der Waals surface area contributed by atoms with Gasteiger partial charge in [-0.1, -0.05) is 0 Å². The Morgan fingerprint density at radius 2 is 1.20 bits per heavy atom. The van der Waals surface area contributed by atoms with Crippen LogP contribution in [0.4, 0.5) is 0 Å². The molecule has 1 unspecified atom stereocenters. The van der Waals surface area contributed by atoms with Crippen LogP contribution in [-0.2, 0) is 42.7 Å². The van der Waals surface area contributed by atoms with Crippen molar-refractivity contribution < 1.29 is 93.8 Å². The summed E-state index contributed by atoms with van der Waals surface area (Å²) in [5.41, 5.74) is 0. The number of hydrogen-bond donors (Lipinski definition) is 10. The average molecular weight is 605 g/mol. The quantitative estimate of drug-likeness (QED) is 0.123. The van der Waals surface area contributed by atoms with E-state index in [-0.39, 0.29) is 0 Å². The standard InChI is InChI=1S/C22H36O19/c1-34-15-11(27)14(30)21(41-17(15)18(31)32)40-16-10(26)7(38-20-13(29)8(24)5(23)2-36-20)4-37-22(16)39-6-3-35-19(33)12(28)9(6)25/h5-17,19-30,33H,2-4H2,1H3,(H,31,32)/t5-,6-,7-,8+,9+,10+,11-,12-,13-,14-,15+,16-,17+,19?,20+,21+,22+/m1/s1. The van der Waals surface area contributed by atoms with Gasteiger partial charge in [0.25, 0.3) is 0 Å². The Morgan fingerprint density at radius 1 is 0.610 bits per heavy atom. The first-order valence-electron chi connectivity index (χ1n) is 12.7. The number of aliphatic hydroxyl groups excluding tert-OH is 9. The van der Waals surface area contributed by atoms with Gasteiger partial charge < -0.3 is 89.0 Å². The lowest BCUT2D eigenvalue weighted by molar-refractivity contribution is -0.379. The van der Waals surface area contributed by atoms with Crippen molar-refractivity contribution >= 4 is 5.97 Å². The number of ether oxygens (including phenoxy) is 8. The number of aliphatic carboxylic acids is 1. The van der Waals surface area contributed by atoms with Gasteiger partial charge in [-0.3, -0.25) is 0 Å². The van der Waals surface area contributed by atoms with Crippen LogP contribution in [0.25, 0.3) is 0 Å². The minimum absolute atomic E-state index is 0.413. The fourth-order valence-electron chi connectivity index (χ4n) is 4.85. The highest BCUT2D eigenvalue weighted by Gasteiger charge is 2.53. The Labute approximate surface area is 231 Å². The zero-order valence-corrected chi connectivity index (χ0v) is 21.6. The van der Waals surface area contributed by atoms with Gasteiger partial charge in [0, 0.05) is 7.11 Å². The Balaban J connectivity index is 1.54. The molecule has 0 aromatic carbocycles. The van der Waals surface area contributed by atoms with Crippen LogP contribution < -0.4 is 0 Å². The molecule has 0 radical (unpaired) electrons. The second kappa shape index (κ2) is 13.6. The largest absolute Gasteiger partial charge is 0.479 e. The summed E-state index contributed by atoms with van der Waals surface area (Å²) in [5, 5.41) is 101. The number of carboxylic acid groups (broad SMARTS) is 1. The van der Waals surface area contributed by atoms with Gasteiger partial charge in [0.1, 0.15) is 73.2 Å². The molecule has 0 amide bonds. The van der Waals surface area contributed by atoms with E-state index in [0.717, 1.165) is 7.11 Å². The molecule has 4 heterocycles. The lowest BCUT2D eigenvalue weighted by Gasteiger charge is -2.47. The first-order valence-corrected chi connectivity index (χ1v) is 12.7. The molecule has 0 aromatic rings. The lowest BCUT2D eigenvalue weighted by Crippen LogP contribution is -2.65. The topological polar surface area (TPSA) is 293 Å². The van der Waals surface area contributed by atoms with Crippen LogP contribution in [0.2, 0.25) is 0 Å². The molecule has 4 aliphatic rings. The van der Waals surface area contributed by atoms with E-state index in [0.29, 0.717) is 0 Å². The maximum absolute atomic E-state index is 11.7. The zero-order valence-electron chi connectivity index (χ0n) is 21.6. The molecule has 41 heavy (non-hydrogen) atoms. The summed E-state index contributed by atoms with van der Waals surface area (Å²) < 4.78 is 42.9. The Kier molecular flexibility index (Phi) is 10.9. The van der Waals surface area contributed by atoms with E-state index in [2.05, 4.69) is 0 Å². The Morgan fingerprint density at radius 3 is 1.85 bits per heavy atom. The minimum atomic E-state index is -1.92. The van der Waals surface area contributed by atoms with Gasteiger partial charge in [-0.15, -0.1) is 0 Å². The smallest absolute Gasteiger partial charge is 0.335 e. The molecule has 0 aromatic heterocycles. The van der Waals surface area contributed by atoms with E-state index in [4.69, 9.17) is 37.9 Å². The van der Waals surface area contributed by atoms with E-state index in [1.807, 2.05) is 0 Å². The van der Waals surface area contributed by atoms with Gasteiger partial charge in [0.05, 0.1) is 19.8 Å². The van der Waals surface area contributed by atoms with Crippen LogP contribution in [0, 0.1) is 0 Å². The molecular formula is C22H36O19. The number of rotatable bonds is 8. The number of carboxylic acids is 1. The van der Waals surface area contributed by atoms with Gasteiger partial charge in [-0.2, -0.15) is 0 Å². The van der Waals surface area contributed by atoms with Crippen molar-refractivity contribution in [2.45, 2.75) is 105 Å². The number of aliphatic hydroxyl groups is 9. The van der Waals surface area contributed by atoms with E-state index in [9.17, 15) is 55.9 Å². The fourth-order valence-corrected chi connectivity index (χ4v) is 4.85. The molecule has 4 rings (SSSR count). The summed E-state index contributed by atoms with van der Waals surface area (Å²) in [7, 11) is 1.09. The van der Waals surface area contributed by atoms with Crippen LogP contribution in [0.3, 0.4) is 0 Å². The van der Waals surface area contributed by atoms with Gasteiger partial charge in [0.15, 0.2) is 31.3 Å². The van der Waals surface area contributed by atoms with Crippen molar-refractivity contribution in [3.05, 3.63) is 0 Å². The van der Waals surface area contributed by atoms with Crippen molar-refractivity contribution in [1.29, 1.82) is 0 Å². The predicted molar refractivity (Wildman–Crippen MR) is 121 cm³/mol. The zero-order chi connectivity index (χ0) is 30.2. The van der Waals surface area contributed by atoms with E-state index in [1.54, 1.807) is 0 Å². The second-order valence-corrected chi connectivity index (χ2v) is 10.0. The monoisotopic (exact) mass is 604 g/mol. The predicted octanol–water partition coefficient (Wildman–Crippen LogP) is -7.09. The van der Waals surface area contributed by atoms with E-state index >= 15 is 0 Å². The van der Waals surface area contributed by atoms with Crippen molar-refractivity contribution in [2.24, 2.45) is 0 Å². The summed E-state index contributed by atoms with van der Waals surface area (Å²) in [6, 6.07) is 0. The maximum atomic E-state index is 11.7. The summed E-state index contributed by atoms with van der Waals surface area (Å²) >= 11 is 0. The summed E-state index contributed by atoms with van der Waals surface area (Å²) in [5.74, 6) is -1.56. The Hall–Kier alpha value is -1.21. The van der Waals surface area contributed by atoms with E-state index in [1.165, 1.54) is 0 Å². The molecule has 238 valence electrons. The molecule has 4 aliphatic heterocycles. The summed E-state index contributed by atoms with van der Waals surface area (Å²) in [6.07, 6.45) is -28.4. The SMILES string of the molecule is CO[C@H]1[C@H](O)[C@@H](O)[C@@H](O[C@H]2[C@H](O[C@@H]3COC(O)[C@H](O)[C@H]3O)OC[C@@H](O[C@@H]3OC[C@@H](O)[C@H](O)[C@H]3O)[C@@H]2O)O[C@@H]1C(=O)O. The summed E-state index contributed by atoms with van der Waals surface area (Å²) in [4.78, 5) is 11.7. The highest BCUT2D eigenvalue weighted by Crippen LogP contribution is 2.32. The van der Waals surface area contributed by atoms with Crippen LogP contribution >= 0.6 is 0 Å². The molecule has 0 aliphatic carbocycles. The maximum Gasteiger partial charge on any atom is 0.335 e. The molecule has 4 saturated heterocycles. The van der Waals surface area contributed by atoms with Crippen LogP contribution in [0.5, 0.6) is 0 Å².